The monoisotopic (exact) mass is 276 g/mol. The number of thiophene rings is 1. The van der Waals surface area contributed by atoms with E-state index in [0.29, 0.717) is 6.54 Å². The van der Waals surface area contributed by atoms with Crippen LogP contribution in [-0.2, 0) is 0 Å². The van der Waals surface area contributed by atoms with Crippen molar-refractivity contribution < 1.29 is 9.90 Å². The number of benzene rings is 1. The van der Waals surface area contributed by atoms with Gasteiger partial charge >= 0.3 is 6.09 Å². The molecule has 0 radical (unpaired) electrons. The molecule has 4 nitrogen and oxygen atoms in total. The number of rotatable bonds is 1. The Morgan fingerprint density at radius 1 is 1.37 bits per heavy atom. The maximum Gasteiger partial charge on any atom is 0.407 e. The largest absolute Gasteiger partial charge is 0.465 e. The molecule has 2 heterocycles. The third-order valence-corrected chi connectivity index (χ3v) is 4.56. The number of nitrogens with zero attached hydrogens (tertiary/aromatic N) is 2. The Bertz CT molecular complexity index is 610. The molecule has 1 N–H and O–H groups in total. The van der Waals surface area contributed by atoms with Crippen LogP contribution in [0.25, 0.3) is 10.1 Å². The number of amides is 1. The number of piperazine rings is 1. The van der Waals surface area contributed by atoms with Gasteiger partial charge in [-0.25, -0.2) is 4.79 Å². The lowest BCUT2D eigenvalue weighted by atomic mass is 10.1. The smallest absolute Gasteiger partial charge is 0.407 e. The third kappa shape index (κ3) is 2.26. The molecule has 0 saturated carbocycles. The molecule has 100 valence electrons. The van der Waals surface area contributed by atoms with Crippen molar-refractivity contribution in [3.63, 3.8) is 0 Å². The lowest BCUT2D eigenvalue weighted by molar-refractivity contribution is 0.123. The first-order valence-electron chi connectivity index (χ1n) is 6.37. The van der Waals surface area contributed by atoms with Crippen LogP contribution in [0.3, 0.4) is 0 Å². The molecule has 0 aliphatic carbocycles. The molecule has 1 aliphatic heterocycles. The van der Waals surface area contributed by atoms with E-state index in [2.05, 4.69) is 34.5 Å². The summed E-state index contributed by atoms with van der Waals surface area (Å²) in [5, 5.41) is 12.5. The molecule has 0 spiro atoms. The van der Waals surface area contributed by atoms with Crippen LogP contribution < -0.4 is 4.90 Å². The minimum Gasteiger partial charge on any atom is -0.465 e. The number of carbonyl (C=O) groups is 1. The second kappa shape index (κ2) is 4.74. The van der Waals surface area contributed by atoms with E-state index in [1.165, 1.54) is 20.7 Å². The van der Waals surface area contributed by atoms with Crippen molar-refractivity contribution in [3.05, 3.63) is 29.6 Å². The minimum atomic E-state index is -0.819. The first kappa shape index (κ1) is 12.3. The van der Waals surface area contributed by atoms with Crippen LogP contribution in [0.1, 0.15) is 6.92 Å². The van der Waals surface area contributed by atoms with Crippen LogP contribution in [0.2, 0.25) is 0 Å². The van der Waals surface area contributed by atoms with Crippen LogP contribution in [-0.4, -0.2) is 41.8 Å². The van der Waals surface area contributed by atoms with Crippen molar-refractivity contribution in [2.24, 2.45) is 0 Å². The van der Waals surface area contributed by atoms with E-state index < -0.39 is 6.09 Å². The zero-order valence-corrected chi connectivity index (χ0v) is 11.6. The molecule has 0 bridgehead atoms. The predicted octanol–water partition coefficient (Wildman–Crippen LogP) is 3.09. The normalized spacial score (nSPS) is 19.9. The highest BCUT2D eigenvalue weighted by Gasteiger charge is 2.27. The average Bonchev–Trinajstić information content (AvgIpc) is 2.85. The van der Waals surface area contributed by atoms with Crippen molar-refractivity contribution in [2.45, 2.75) is 13.0 Å². The number of hydrogen-bond acceptors (Lipinski definition) is 3. The molecule has 1 amide bonds. The topological polar surface area (TPSA) is 43.8 Å². The lowest BCUT2D eigenvalue weighted by Gasteiger charge is -2.39. The average molecular weight is 276 g/mol. The Morgan fingerprint density at radius 3 is 2.95 bits per heavy atom. The van der Waals surface area contributed by atoms with Gasteiger partial charge in [-0.1, -0.05) is 6.07 Å². The molecule has 1 saturated heterocycles. The molecule has 1 fully saturated rings. The highest BCUT2D eigenvalue weighted by atomic mass is 32.1. The van der Waals surface area contributed by atoms with Crippen molar-refractivity contribution in [3.8, 4) is 0 Å². The first-order valence-corrected chi connectivity index (χ1v) is 7.25. The number of fused-ring (bicyclic) bond motifs is 1. The maximum absolute atomic E-state index is 11.1. The summed E-state index contributed by atoms with van der Waals surface area (Å²) in [6, 6.07) is 8.61. The van der Waals surface area contributed by atoms with Gasteiger partial charge in [0.15, 0.2) is 0 Å². The molecule has 3 rings (SSSR count). The van der Waals surface area contributed by atoms with Crippen molar-refractivity contribution >= 4 is 33.2 Å². The van der Waals surface area contributed by atoms with Gasteiger partial charge in [0.2, 0.25) is 0 Å². The van der Waals surface area contributed by atoms with Crippen LogP contribution in [0, 0.1) is 0 Å². The molecular formula is C14H16N2O2S. The SMILES string of the molecule is C[C@@H]1CN(c2ccc3ccsc3c2)CCN1C(=O)O. The summed E-state index contributed by atoms with van der Waals surface area (Å²) in [4.78, 5) is 14.8. The Balaban J connectivity index is 1.81. The zero-order chi connectivity index (χ0) is 13.4. The minimum absolute atomic E-state index is 0.0327. The van der Waals surface area contributed by atoms with E-state index in [9.17, 15) is 4.79 Å². The molecule has 1 aromatic heterocycles. The maximum atomic E-state index is 11.1. The molecule has 1 atom stereocenters. The van der Waals surface area contributed by atoms with Gasteiger partial charge in [0, 0.05) is 36.1 Å². The summed E-state index contributed by atoms with van der Waals surface area (Å²) in [6.45, 7) is 4.04. The predicted molar refractivity (Wildman–Crippen MR) is 78.2 cm³/mol. The summed E-state index contributed by atoms with van der Waals surface area (Å²) in [5.74, 6) is 0. The van der Waals surface area contributed by atoms with Gasteiger partial charge in [-0.3, -0.25) is 0 Å². The molecule has 1 aromatic carbocycles. The lowest BCUT2D eigenvalue weighted by Crippen LogP contribution is -2.53. The van der Waals surface area contributed by atoms with Crippen LogP contribution >= 0.6 is 11.3 Å². The van der Waals surface area contributed by atoms with Gasteiger partial charge in [-0.15, -0.1) is 11.3 Å². The summed E-state index contributed by atoms with van der Waals surface area (Å²) in [6.07, 6.45) is -0.819. The Hall–Kier alpha value is -1.75. The summed E-state index contributed by atoms with van der Waals surface area (Å²) in [7, 11) is 0. The van der Waals surface area contributed by atoms with Gasteiger partial charge in [0.25, 0.3) is 0 Å². The molecule has 1 aliphatic rings. The van der Waals surface area contributed by atoms with E-state index in [1.807, 2.05) is 6.92 Å². The molecule has 19 heavy (non-hydrogen) atoms. The Labute approximate surface area is 115 Å². The quantitative estimate of drug-likeness (QED) is 0.870. The van der Waals surface area contributed by atoms with Crippen LogP contribution in [0.5, 0.6) is 0 Å². The molecule has 0 unspecified atom stereocenters. The molecule has 5 heteroatoms. The second-order valence-electron chi connectivity index (χ2n) is 4.91. The summed E-state index contributed by atoms with van der Waals surface area (Å²) >= 11 is 1.74. The Morgan fingerprint density at radius 2 is 2.21 bits per heavy atom. The fourth-order valence-corrected chi connectivity index (χ4v) is 3.44. The van der Waals surface area contributed by atoms with Crippen LogP contribution in [0.15, 0.2) is 29.6 Å². The van der Waals surface area contributed by atoms with E-state index in [4.69, 9.17) is 5.11 Å². The van der Waals surface area contributed by atoms with E-state index in [-0.39, 0.29) is 6.04 Å². The van der Waals surface area contributed by atoms with E-state index in [1.54, 1.807) is 11.3 Å². The standard InChI is InChI=1S/C14H16N2O2S/c1-10-9-15(5-6-16(10)14(17)18)12-3-2-11-4-7-19-13(11)8-12/h2-4,7-8,10H,5-6,9H2,1H3,(H,17,18)/t10-/m1/s1. The second-order valence-corrected chi connectivity index (χ2v) is 5.86. The first-order chi connectivity index (χ1) is 9.15. The fraction of sp³-hybridized carbons (Fsp3) is 0.357. The van der Waals surface area contributed by atoms with Crippen molar-refractivity contribution in [1.29, 1.82) is 0 Å². The van der Waals surface area contributed by atoms with Gasteiger partial charge < -0.3 is 14.9 Å². The zero-order valence-electron chi connectivity index (χ0n) is 10.7. The van der Waals surface area contributed by atoms with Gasteiger partial charge in [-0.2, -0.15) is 0 Å². The van der Waals surface area contributed by atoms with Crippen molar-refractivity contribution in [2.75, 3.05) is 24.5 Å². The highest BCUT2D eigenvalue weighted by Crippen LogP contribution is 2.27. The van der Waals surface area contributed by atoms with Gasteiger partial charge in [-0.05, 0) is 35.9 Å². The highest BCUT2D eigenvalue weighted by molar-refractivity contribution is 7.17. The van der Waals surface area contributed by atoms with Gasteiger partial charge in [0.05, 0.1) is 0 Å². The van der Waals surface area contributed by atoms with Gasteiger partial charge in [0.1, 0.15) is 0 Å². The summed E-state index contributed by atoms with van der Waals surface area (Å²) < 4.78 is 1.28. The van der Waals surface area contributed by atoms with Crippen molar-refractivity contribution in [1.82, 2.24) is 4.90 Å². The fourth-order valence-electron chi connectivity index (χ4n) is 2.62. The van der Waals surface area contributed by atoms with E-state index >= 15 is 0 Å². The molecular weight excluding hydrogens is 260 g/mol. The number of anilines is 1. The molecule has 2 aromatic rings. The Kier molecular flexibility index (Phi) is 3.06. The number of carboxylic acid groups (broad SMARTS) is 1. The third-order valence-electron chi connectivity index (χ3n) is 3.68. The summed E-state index contributed by atoms with van der Waals surface area (Å²) in [5.41, 5.74) is 1.19. The van der Waals surface area contributed by atoms with Crippen LogP contribution in [0.4, 0.5) is 10.5 Å². The van der Waals surface area contributed by atoms with E-state index in [0.717, 1.165) is 13.1 Å². The number of hydrogen-bond donors (Lipinski definition) is 1.